The smallest absolute Gasteiger partial charge is 0.240 e. The van der Waals surface area contributed by atoms with Crippen molar-refractivity contribution in [2.24, 2.45) is 0 Å². The summed E-state index contributed by atoms with van der Waals surface area (Å²) < 4.78 is 24.0. The minimum Gasteiger partial charge on any atom is -0.340 e. The Morgan fingerprint density at radius 1 is 1.30 bits per heavy atom. The Kier molecular flexibility index (Phi) is 5.95. The molecular formula is C15H21NO3S. The van der Waals surface area contributed by atoms with E-state index < -0.39 is 15.1 Å². The molecule has 110 valence electrons. The van der Waals surface area contributed by atoms with Gasteiger partial charge in [0.05, 0.1) is 5.75 Å². The van der Waals surface area contributed by atoms with Crippen LogP contribution in [-0.2, 0) is 21.2 Å². The highest BCUT2D eigenvalue weighted by molar-refractivity contribution is 7.92. The maximum absolute atomic E-state index is 12.2. The molecule has 5 heteroatoms. The first kappa shape index (κ1) is 16.4. The van der Waals surface area contributed by atoms with Crippen molar-refractivity contribution in [2.45, 2.75) is 25.6 Å². The van der Waals surface area contributed by atoms with Crippen LogP contribution in [0.5, 0.6) is 0 Å². The Morgan fingerprint density at radius 2 is 1.90 bits per heavy atom. The van der Waals surface area contributed by atoms with E-state index in [1.54, 1.807) is 26.1 Å². The second-order valence-corrected chi connectivity index (χ2v) is 7.09. The highest BCUT2D eigenvalue weighted by atomic mass is 32.2. The van der Waals surface area contributed by atoms with Crippen LogP contribution in [-0.4, -0.2) is 37.3 Å². The SMILES string of the molecule is C/C=C/CS(=O)(=O)C(C)C(=O)N(C)Cc1ccccc1. The van der Waals surface area contributed by atoms with Crippen LogP contribution in [0.15, 0.2) is 42.5 Å². The number of benzene rings is 1. The van der Waals surface area contributed by atoms with E-state index in [1.807, 2.05) is 30.3 Å². The fourth-order valence-corrected chi connectivity index (χ4v) is 3.01. The quantitative estimate of drug-likeness (QED) is 0.755. The number of amides is 1. The molecule has 20 heavy (non-hydrogen) atoms. The predicted molar refractivity (Wildman–Crippen MR) is 81.0 cm³/mol. The Labute approximate surface area is 121 Å². The number of rotatable bonds is 6. The molecule has 0 aliphatic carbocycles. The van der Waals surface area contributed by atoms with Crippen LogP contribution in [0.25, 0.3) is 0 Å². The Morgan fingerprint density at radius 3 is 2.45 bits per heavy atom. The van der Waals surface area contributed by atoms with Crippen LogP contribution < -0.4 is 0 Å². The number of hydrogen-bond donors (Lipinski definition) is 0. The van der Waals surface area contributed by atoms with E-state index in [2.05, 4.69) is 0 Å². The van der Waals surface area contributed by atoms with Crippen molar-refractivity contribution >= 4 is 15.7 Å². The van der Waals surface area contributed by atoms with Gasteiger partial charge in [-0.15, -0.1) is 0 Å². The van der Waals surface area contributed by atoms with Gasteiger partial charge in [-0.25, -0.2) is 8.42 Å². The largest absolute Gasteiger partial charge is 0.340 e. The summed E-state index contributed by atoms with van der Waals surface area (Å²) in [4.78, 5) is 13.6. The maximum Gasteiger partial charge on any atom is 0.240 e. The summed E-state index contributed by atoms with van der Waals surface area (Å²) in [6.45, 7) is 3.61. The van der Waals surface area contributed by atoms with E-state index in [-0.39, 0.29) is 11.7 Å². The van der Waals surface area contributed by atoms with Crippen LogP contribution in [0.1, 0.15) is 19.4 Å². The molecular weight excluding hydrogens is 274 g/mol. The molecule has 0 aliphatic heterocycles. The first-order chi connectivity index (χ1) is 9.38. The molecule has 0 N–H and O–H groups in total. The van der Waals surface area contributed by atoms with Gasteiger partial charge in [-0.1, -0.05) is 42.5 Å². The molecule has 0 aliphatic rings. The third-order valence-corrected chi connectivity index (χ3v) is 5.03. The van der Waals surface area contributed by atoms with E-state index in [9.17, 15) is 13.2 Å². The molecule has 1 rings (SSSR count). The first-order valence-electron chi connectivity index (χ1n) is 6.50. The van der Waals surface area contributed by atoms with Crippen LogP contribution >= 0.6 is 0 Å². The molecule has 4 nitrogen and oxygen atoms in total. The van der Waals surface area contributed by atoms with Gasteiger partial charge in [-0.3, -0.25) is 4.79 Å². The predicted octanol–water partition coefficient (Wildman–Crippen LogP) is 2.02. The fraction of sp³-hybridized carbons (Fsp3) is 0.400. The summed E-state index contributed by atoms with van der Waals surface area (Å²) in [5.74, 6) is -0.478. The van der Waals surface area contributed by atoms with Crippen LogP contribution in [0.2, 0.25) is 0 Å². The van der Waals surface area contributed by atoms with Gasteiger partial charge < -0.3 is 4.90 Å². The van der Waals surface area contributed by atoms with Crippen molar-refractivity contribution in [3.8, 4) is 0 Å². The molecule has 0 saturated heterocycles. The van der Waals surface area contributed by atoms with Gasteiger partial charge in [0.25, 0.3) is 0 Å². The van der Waals surface area contributed by atoms with E-state index in [0.29, 0.717) is 6.54 Å². The molecule has 0 heterocycles. The topological polar surface area (TPSA) is 54.5 Å². The van der Waals surface area contributed by atoms with Crippen LogP contribution in [0, 0.1) is 0 Å². The third kappa shape index (κ3) is 4.49. The Balaban J connectivity index is 2.74. The highest BCUT2D eigenvalue weighted by Gasteiger charge is 2.29. The van der Waals surface area contributed by atoms with Crippen LogP contribution in [0.4, 0.5) is 0 Å². The van der Waals surface area contributed by atoms with Gasteiger partial charge in [-0.05, 0) is 19.4 Å². The number of hydrogen-bond acceptors (Lipinski definition) is 3. The summed E-state index contributed by atoms with van der Waals surface area (Å²) in [5.41, 5.74) is 0.974. The van der Waals surface area contributed by atoms with Crippen molar-refractivity contribution in [3.05, 3.63) is 48.0 Å². The minimum atomic E-state index is -3.44. The third-order valence-electron chi connectivity index (χ3n) is 3.09. The van der Waals surface area contributed by atoms with Crippen molar-refractivity contribution in [1.82, 2.24) is 4.90 Å². The second kappa shape index (κ2) is 7.24. The number of carbonyl (C=O) groups is 1. The molecule has 0 fully saturated rings. The van der Waals surface area contributed by atoms with Gasteiger partial charge in [0, 0.05) is 13.6 Å². The van der Waals surface area contributed by atoms with Gasteiger partial charge in [0.1, 0.15) is 5.25 Å². The van der Waals surface area contributed by atoms with Crippen LogP contribution in [0.3, 0.4) is 0 Å². The average Bonchev–Trinajstić information content (AvgIpc) is 2.44. The maximum atomic E-state index is 12.2. The molecule has 1 atom stereocenters. The Bertz CT molecular complexity index is 564. The van der Waals surface area contributed by atoms with Gasteiger partial charge in [0.2, 0.25) is 5.91 Å². The van der Waals surface area contributed by atoms with E-state index in [0.717, 1.165) is 5.56 Å². The van der Waals surface area contributed by atoms with Crippen molar-refractivity contribution in [3.63, 3.8) is 0 Å². The van der Waals surface area contributed by atoms with E-state index in [4.69, 9.17) is 0 Å². The molecule has 1 aromatic carbocycles. The number of allylic oxidation sites excluding steroid dienone is 1. The molecule has 0 bridgehead atoms. The van der Waals surface area contributed by atoms with Gasteiger partial charge in [-0.2, -0.15) is 0 Å². The van der Waals surface area contributed by atoms with Crippen molar-refractivity contribution in [1.29, 1.82) is 0 Å². The second-order valence-electron chi connectivity index (χ2n) is 4.72. The lowest BCUT2D eigenvalue weighted by Crippen LogP contribution is -2.39. The normalized spacial score (nSPS) is 13.3. The molecule has 1 aromatic rings. The van der Waals surface area contributed by atoms with Crippen molar-refractivity contribution in [2.75, 3.05) is 12.8 Å². The molecule has 0 aromatic heterocycles. The standard InChI is InChI=1S/C15H21NO3S/c1-4-5-11-20(18,19)13(2)15(17)16(3)12-14-9-7-6-8-10-14/h4-10,13H,11-12H2,1-3H3/b5-4+. The van der Waals surface area contributed by atoms with E-state index >= 15 is 0 Å². The summed E-state index contributed by atoms with van der Waals surface area (Å²) in [6, 6.07) is 9.49. The van der Waals surface area contributed by atoms with E-state index in [1.165, 1.54) is 11.8 Å². The lowest BCUT2D eigenvalue weighted by atomic mass is 10.2. The zero-order valence-corrected chi connectivity index (χ0v) is 12.9. The molecule has 1 unspecified atom stereocenters. The zero-order chi connectivity index (χ0) is 15.2. The molecule has 0 radical (unpaired) electrons. The lowest BCUT2D eigenvalue weighted by molar-refractivity contribution is -0.129. The van der Waals surface area contributed by atoms with Gasteiger partial charge in [0.15, 0.2) is 9.84 Å². The Hall–Kier alpha value is -1.62. The summed E-state index contributed by atoms with van der Waals surface area (Å²) >= 11 is 0. The fourth-order valence-electron chi connectivity index (χ4n) is 1.77. The number of nitrogens with zero attached hydrogens (tertiary/aromatic N) is 1. The summed E-state index contributed by atoms with van der Waals surface area (Å²) in [5, 5.41) is -1.02. The zero-order valence-electron chi connectivity index (χ0n) is 12.1. The summed E-state index contributed by atoms with van der Waals surface area (Å²) in [6.07, 6.45) is 3.22. The molecule has 1 amide bonds. The number of carbonyl (C=O) groups excluding carboxylic acids is 1. The minimum absolute atomic E-state index is 0.102. The first-order valence-corrected chi connectivity index (χ1v) is 8.21. The van der Waals surface area contributed by atoms with Gasteiger partial charge >= 0.3 is 0 Å². The van der Waals surface area contributed by atoms with Crippen molar-refractivity contribution < 1.29 is 13.2 Å². The summed E-state index contributed by atoms with van der Waals surface area (Å²) in [7, 11) is -1.81. The molecule has 0 spiro atoms. The highest BCUT2D eigenvalue weighted by Crippen LogP contribution is 2.09. The lowest BCUT2D eigenvalue weighted by Gasteiger charge is -2.21. The molecule has 0 saturated carbocycles. The average molecular weight is 295 g/mol. The monoisotopic (exact) mass is 295 g/mol. The number of sulfone groups is 1.